The third-order valence-electron chi connectivity index (χ3n) is 3.75. The highest BCUT2D eigenvalue weighted by molar-refractivity contribution is 7.15. The monoisotopic (exact) mass is 369 g/mol. The fourth-order valence-corrected chi connectivity index (χ4v) is 4.19. The summed E-state index contributed by atoms with van der Waals surface area (Å²) >= 11 is 13.5. The van der Waals surface area contributed by atoms with Gasteiger partial charge in [-0.1, -0.05) is 30.1 Å². The van der Waals surface area contributed by atoms with E-state index in [4.69, 9.17) is 23.2 Å². The van der Waals surface area contributed by atoms with Gasteiger partial charge < -0.3 is 0 Å². The normalized spacial score (nSPS) is 14.6. The molecule has 1 aliphatic rings. The second-order valence-corrected chi connectivity index (χ2v) is 7.42. The first-order valence-electron chi connectivity index (χ1n) is 7.54. The minimum atomic E-state index is -0.261. The van der Waals surface area contributed by atoms with Crippen LogP contribution in [0.1, 0.15) is 34.3 Å². The van der Waals surface area contributed by atoms with Gasteiger partial charge in [-0.15, -0.1) is 11.3 Å². The summed E-state index contributed by atoms with van der Waals surface area (Å²) in [4.78, 5) is 20.5. The molecule has 1 aromatic heterocycles. The Bertz CT molecular complexity index is 732. The van der Waals surface area contributed by atoms with Gasteiger partial charge in [0.2, 0.25) is 0 Å². The first kappa shape index (κ1) is 16.7. The highest BCUT2D eigenvalue weighted by Crippen LogP contribution is 2.29. The molecule has 1 aliphatic heterocycles. The van der Waals surface area contributed by atoms with Crippen molar-refractivity contribution in [3.63, 3.8) is 0 Å². The Morgan fingerprint density at radius 3 is 3.00 bits per heavy atom. The van der Waals surface area contributed by atoms with Gasteiger partial charge in [0, 0.05) is 29.4 Å². The fourth-order valence-electron chi connectivity index (χ4n) is 2.65. The van der Waals surface area contributed by atoms with Crippen molar-refractivity contribution in [2.24, 2.45) is 0 Å². The zero-order valence-electron chi connectivity index (χ0n) is 12.7. The number of aromatic nitrogens is 1. The smallest absolute Gasteiger partial charge is 0.258 e. The number of halogens is 2. The van der Waals surface area contributed by atoms with Crippen molar-refractivity contribution >= 4 is 45.6 Å². The molecule has 0 atom stereocenters. The molecule has 0 aliphatic carbocycles. The van der Waals surface area contributed by atoms with Gasteiger partial charge in [-0.2, -0.15) is 0 Å². The molecular weight excluding hydrogens is 353 g/mol. The number of amides is 1. The van der Waals surface area contributed by atoms with Gasteiger partial charge in [0.15, 0.2) is 5.13 Å². The topological polar surface area (TPSA) is 45.2 Å². The minimum Gasteiger partial charge on any atom is -0.298 e. The van der Waals surface area contributed by atoms with E-state index in [0.29, 0.717) is 20.7 Å². The van der Waals surface area contributed by atoms with E-state index in [2.05, 4.69) is 22.1 Å². The minimum absolute atomic E-state index is 0.261. The highest BCUT2D eigenvalue weighted by atomic mass is 35.5. The molecule has 122 valence electrons. The van der Waals surface area contributed by atoms with Crippen molar-refractivity contribution in [1.29, 1.82) is 0 Å². The Labute approximate surface area is 149 Å². The molecular formula is C16H17Cl2N3OS. The summed E-state index contributed by atoms with van der Waals surface area (Å²) < 4.78 is 0. The lowest BCUT2D eigenvalue weighted by atomic mass is 10.2. The maximum Gasteiger partial charge on any atom is 0.258 e. The number of hydrogen-bond donors (Lipinski definition) is 1. The Balaban J connectivity index is 1.73. The van der Waals surface area contributed by atoms with E-state index in [0.717, 1.165) is 38.2 Å². The van der Waals surface area contributed by atoms with Crippen LogP contribution in [0.3, 0.4) is 0 Å². The van der Waals surface area contributed by atoms with Crippen molar-refractivity contribution in [2.45, 2.75) is 26.3 Å². The van der Waals surface area contributed by atoms with Crippen LogP contribution < -0.4 is 5.32 Å². The van der Waals surface area contributed by atoms with E-state index < -0.39 is 0 Å². The number of anilines is 1. The summed E-state index contributed by atoms with van der Waals surface area (Å²) in [5.41, 5.74) is 1.50. The Hall–Kier alpha value is -1.14. The van der Waals surface area contributed by atoms with Gasteiger partial charge in [-0.25, -0.2) is 4.98 Å². The Kier molecular flexibility index (Phi) is 5.21. The number of thiazole rings is 1. The number of fused-ring (bicyclic) bond motifs is 1. The average Bonchev–Trinajstić information content (AvgIpc) is 2.88. The molecule has 0 spiro atoms. The van der Waals surface area contributed by atoms with E-state index in [1.807, 2.05) is 0 Å². The number of carbonyl (C=O) groups excluding carboxylic acids is 1. The molecule has 2 aromatic rings. The fraction of sp³-hybridized carbons (Fsp3) is 0.375. The summed E-state index contributed by atoms with van der Waals surface area (Å²) in [7, 11) is 0. The van der Waals surface area contributed by atoms with Gasteiger partial charge in [-0.3, -0.25) is 15.0 Å². The summed E-state index contributed by atoms with van der Waals surface area (Å²) in [6.07, 6.45) is 2.08. The third kappa shape index (κ3) is 3.86. The van der Waals surface area contributed by atoms with Crippen molar-refractivity contribution < 1.29 is 4.79 Å². The highest BCUT2D eigenvalue weighted by Gasteiger charge is 2.21. The molecule has 3 rings (SSSR count). The predicted molar refractivity (Wildman–Crippen MR) is 95.8 cm³/mol. The van der Waals surface area contributed by atoms with E-state index in [1.165, 1.54) is 4.88 Å². The van der Waals surface area contributed by atoms with Crippen LogP contribution in [-0.4, -0.2) is 28.9 Å². The van der Waals surface area contributed by atoms with Crippen LogP contribution in [0.2, 0.25) is 10.0 Å². The van der Waals surface area contributed by atoms with Gasteiger partial charge >= 0.3 is 0 Å². The van der Waals surface area contributed by atoms with Gasteiger partial charge in [0.05, 0.1) is 16.3 Å². The Morgan fingerprint density at radius 2 is 2.26 bits per heavy atom. The molecule has 1 N–H and O–H groups in total. The van der Waals surface area contributed by atoms with Gasteiger partial charge in [-0.05, 0) is 31.2 Å². The number of carbonyl (C=O) groups is 1. The van der Waals surface area contributed by atoms with E-state index in [-0.39, 0.29) is 5.91 Å². The molecule has 1 aromatic carbocycles. The lowest BCUT2D eigenvalue weighted by molar-refractivity contribution is 0.102. The van der Waals surface area contributed by atoms with Gasteiger partial charge in [0.1, 0.15) is 0 Å². The van der Waals surface area contributed by atoms with E-state index in [1.54, 1.807) is 29.5 Å². The van der Waals surface area contributed by atoms with Crippen molar-refractivity contribution in [1.82, 2.24) is 9.88 Å². The third-order valence-corrected chi connectivity index (χ3v) is 5.29. The van der Waals surface area contributed by atoms with Gasteiger partial charge in [0.25, 0.3) is 5.91 Å². The van der Waals surface area contributed by atoms with Crippen LogP contribution in [0.25, 0.3) is 0 Å². The zero-order valence-corrected chi connectivity index (χ0v) is 15.1. The molecule has 0 radical (unpaired) electrons. The maximum absolute atomic E-state index is 12.3. The van der Waals surface area contributed by atoms with E-state index in [9.17, 15) is 4.79 Å². The summed E-state index contributed by atoms with van der Waals surface area (Å²) in [6, 6.07) is 4.84. The predicted octanol–water partition coefficient (Wildman–Crippen LogP) is 4.47. The average molecular weight is 370 g/mol. The number of hydrogen-bond acceptors (Lipinski definition) is 4. The Morgan fingerprint density at radius 1 is 1.43 bits per heavy atom. The SMILES string of the molecule is CCCN1CCc2nc(NC(=O)c3ccc(Cl)cc3Cl)sc2C1. The van der Waals surface area contributed by atoms with Crippen molar-refractivity contribution in [3.8, 4) is 0 Å². The molecule has 2 heterocycles. The molecule has 23 heavy (non-hydrogen) atoms. The zero-order chi connectivity index (χ0) is 16.4. The summed E-state index contributed by atoms with van der Waals surface area (Å²) in [6.45, 7) is 5.22. The maximum atomic E-state index is 12.3. The molecule has 7 heteroatoms. The van der Waals surface area contributed by atoms with Crippen molar-refractivity contribution in [2.75, 3.05) is 18.4 Å². The van der Waals surface area contributed by atoms with Crippen LogP contribution in [0.4, 0.5) is 5.13 Å². The van der Waals surface area contributed by atoms with E-state index >= 15 is 0 Å². The lowest BCUT2D eigenvalue weighted by Gasteiger charge is -2.24. The first-order valence-corrected chi connectivity index (χ1v) is 9.11. The van der Waals surface area contributed by atoms with Crippen LogP contribution >= 0.6 is 34.5 Å². The standard InChI is InChI=1S/C16H17Cl2N3OS/c1-2-6-21-7-5-13-14(9-21)23-16(19-13)20-15(22)11-4-3-10(17)8-12(11)18/h3-4,8H,2,5-7,9H2,1H3,(H,19,20,22). The first-order chi connectivity index (χ1) is 11.1. The molecule has 0 fully saturated rings. The number of rotatable bonds is 4. The largest absolute Gasteiger partial charge is 0.298 e. The molecule has 0 unspecified atom stereocenters. The second-order valence-electron chi connectivity index (χ2n) is 5.49. The number of benzene rings is 1. The molecule has 1 amide bonds. The second kappa shape index (κ2) is 7.18. The van der Waals surface area contributed by atoms with Crippen LogP contribution in [0, 0.1) is 0 Å². The summed E-state index contributed by atoms with van der Waals surface area (Å²) in [5.74, 6) is -0.261. The van der Waals surface area contributed by atoms with Crippen molar-refractivity contribution in [3.05, 3.63) is 44.4 Å². The molecule has 4 nitrogen and oxygen atoms in total. The molecule has 0 bridgehead atoms. The van der Waals surface area contributed by atoms with Crippen LogP contribution in [0.5, 0.6) is 0 Å². The molecule has 0 saturated carbocycles. The molecule has 0 saturated heterocycles. The lowest BCUT2D eigenvalue weighted by Crippen LogP contribution is -2.30. The quantitative estimate of drug-likeness (QED) is 0.864. The summed E-state index contributed by atoms with van der Waals surface area (Å²) in [5, 5.41) is 4.32. The number of nitrogens with one attached hydrogen (secondary N) is 1. The van der Waals surface area contributed by atoms with Crippen LogP contribution in [0.15, 0.2) is 18.2 Å². The number of nitrogens with zero attached hydrogens (tertiary/aromatic N) is 2. The van der Waals surface area contributed by atoms with Crippen LogP contribution in [-0.2, 0) is 13.0 Å².